The minimum Gasteiger partial charge on any atom is -0.329 e. The van der Waals surface area contributed by atoms with Crippen LogP contribution in [0.25, 0.3) is 0 Å². The van der Waals surface area contributed by atoms with Crippen molar-refractivity contribution in [2.24, 2.45) is 11.1 Å². The molecule has 0 saturated carbocycles. The third-order valence-electron chi connectivity index (χ3n) is 4.54. The molecule has 0 aromatic rings. The van der Waals surface area contributed by atoms with Crippen molar-refractivity contribution in [3.05, 3.63) is 0 Å². The lowest BCUT2D eigenvalue weighted by Crippen LogP contribution is -2.64. The van der Waals surface area contributed by atoms with Crippen LogP contribution in [-0.4, -0.2) is 66.1 Å². The predicted octanol–water partition coefficient (Wildman–Crippen LogP) is 1.48. The maximum absolute atomic E-state index is 6.19. The van der Waals surface area contributed by atoms with Crippen LogP contribution in [0, 0.1) is 5.41 Å². The van der Waals surface area contributed by atoms with Gasteiger partial charge in [-0.15, -0.1) is 0 Å². The highest BCUT2D eigenvalue weighted by Crippen LogP contribution is 2.42. The molecule has 3 nitrogen and oxygen atoms in total. The molecule has 2 heterocycles. The number of nitrogens with two attached hydrogens (primary N) is 1. The average molecular weight is 271 g/mol. The number of likely N-dealkylation sites (N-methyl/N-ethyl adjacent to an activating group) is 1. The Morgan fingerprint density at radius 1 is 1.11 bits per heavy atom. The van der Waals surface area contributed by atoms with Gasteiger partial charge in [0, 0.05) is 44.0 Å². The second-order valence-corrected chi connectivity index (χ2v) is 7.67. The van der Waals surface area contributed by atoms with E-state index in [1.807, 2.05) is 0 Å². The first-order valence-electron chi connectivity index (χ1n) is 7.27. The van der Waals surface area contributed by atoms with E-state index in [1.165, 1.54) is 50.7 Å². The fourth-order valence-electron chi connectivity index (χ4n) is 3.51. The number of rotatable bonds is 3. The Balaban J connectivity index is 2.04. The number of piperazine rings is 1. The first kappa shape index (κ1) is 14.6. The third-order valence-corrected chi connectivity index (χ3v) is 6.27. The molecule has 0 aromatic carbocycles. The van der Waals surface area contributed by atoms with Crippen LogP contribution in [0.15, 0.2) is 0 Å². The zero-order chi connectivity index (χ0) is 13.2. The number of nitrogens with zero attached hydrogens (tertiary/aromatic N) is 2. The Hall–Kier alpha value is 0.230. The Labute approximate surface area is 116 Å². The molecular weight excluding hydrogens is 242 g/mol. The van der Waals surface area contributed by atoms with E-state index in [4.69, 9.17) is 5.73 Å². The van der Waals surface area contributed by atoms with Gasteiger partial charge in [-0.25, -0.2) is 0 Å². The summed E-state index contributed by atoms with van der Waals surface area (Å²) in [6.45, 7) is 13.9. The summed E-state index contributed by atoms with van der Waals surface area (Å²) in [7, 11) is 0. The zero-order valence-electron chi connectivity index (χ0n) is 12.2. The van der Waals surface area contributed by atoms with Crippen LogP contribution in [0.2, 0.25) is 0 Å². The van der Waals surface area contributed by atoms with E-state index in [0.717, 1.165) is 6.54 Å². The van der Waals surface area contributed by atoms with Crippen molar-refractivity contribution in [2.45, 2.75) is 32.7 Å². The summed E-state index contributed by atoms with van der Waals surface area (Å²) in [5, 5.41) is 0. The summed E-state index contributed by atoms with van der Waals surface area (Å²) in [4.78, 5) is 5.23. The van der Waals surface area contributed by atoms with Crippen LogP contribution < -0.4 is 5.73 Å². The fraction of sp³-hybridized carbons (Fsp3) is 1.00. The first-order valence-corrected chi connectivity index (χ1v) is 8.42. The van der Waals surface area contributed by atoms with Gasteiger partial charge in [0.05, 0.1) is 0 Å². The Morgan fingerprint density at radius 2 is 1.78 bits per heavy atom. The summed E-state index contributed by atoms with van der Waals surface area (Å²) in [5.41, 5.74) is 6.88. The second-order valence-electron chi connectivity index (χ2n) is 6.68. The topological polar surface area (TPSA) is 32.5 Å². The van der Waals surface area contributed by atoms with Crippen LogP contribution in [0.5, 0.6) is 0 Å². The highest BCUT2D eigenvalue weighted by atomic mass is 32.2. The Bertz CT molecular complexity index is 274. The van der Waals surface area contributed by atoms with E-state index < -0.39 is 0 Å². The van der Waals surface area contributed by atoms with Crippen molar-refractivity contribution in [1.29, 1.82) is 0 Å². The summed E-state index contributed by atoms with van der Waals surface area (Å²) >= 11 is 2.10. The van der Waals surface area contributed by atoms with E-state index in [9.17, 15) is 0 Å². The van der Waals surface area contributed by atoms with Crippen molar-refractivity contribution in [3.63, 3.8) is 0 Å². The minimum absolute atomic E-state index is 0.256. The highest BCUT2D eigenvalue weighted by molar-refractivity contribution is 7.99. The van der Waals surface area contributed by atoms with Crippen LogP contribution in [0.4, 0.5) is 0 Å². The summed E-state index contributed by atoms with van der Waals surface area (Å²) in [6, 6.07) is 0. The standard InChI is InChI=1S/C14H29N3S/c1-4-16-5-7-17(8-6-16)14(10-15)9-13(2,3)11-18-12-14/h4-12,15H2,1-3H3. The molecule has 2 fully saturated rings. The van der Waals surface area contributed by atoms with E-state index in [2.05, 4.69) is 42.3 Å². The van der Waals surface area contributed by atoms with Crippen molar-refractivity contribution < 1.29 is 0 Å². The van der Waals surface area contributed by atoms with Gasteiger partial charge < -0.3 is 10.6 Å². The quantitative estimate of drug-likeness (QED) is 0.843. The fourth-order valence-corrected chi connectivity index (χ4v) is 5.05. The molecule has 0 bridgehead atoms. The van der Waals surface area contributed by atoms with Crippen molar-refractivity contribution in [2.75, 3.05) is 50.8 Å². The van der Waals surface area contributed by atoms with Crippen LogP contribution in [0.1, 0.15) is 27.2 Å². The minimum atomic E-state index is 0.256. The normalized spacial score (nSPS) is 34.7. The first-order chi connectivity index (χ1) is 8.51. The molecule has 0 aromatic heterocycles. The van der Waals surface area contributed by atoms with E-state index >= 15 is 0 Å². The SMILES string of the molecule is CCN1CCN(C2(CN)CSCC(C)(C)C2)CC1. The molecule has 0 radical (unpaired) electrons. The molecule has 2 N–H and O–H groups in total. The predicted molar refractivity (Wildman–Crippen MR) is 81.2 cm³/mol. The number of thioether (sulfide) groups is 1. The van der Waals surface area contributed by atoms with Gasteiger partial charge in [0.15, 0.2) is 0 Å². The molecule has 2 rings (SSSR count). The van der Waals surface area contributed by atoms with Gasteiger partial charge in [0.2, 0.25) is 0 Å². The highest BCUT2D eigenvalue weighted by Gasteiger charge is 2.44. The van der Waals surface area contributed by atoms with Gasteiger partial charge in [-0.3, -0.25) is 4.90 Å². The summed E-state index contributed by atoms with van der Waals surface area (Å²) in [5.74, 6) is 2.50. The number of hydrogen-bond donors (Lipinski definition) is 1. The van der Waals surface area contributed by atoms with Crippen molar-refractivity contribution in [3.8, 4) is 0 Å². The van der Waals surface area contributed by atoms with Crippen LogP contribution in [0.3, 0.4) is 0 Å². The molecule has 4 heteroatoms. The lowest BCUT2D eigenvalue weighted by molar-refractivity contribution is 0.0242. The summed E-state index contributed by atoms with van der Waals surface area (Å²) in [6.07, 6.45) is 1.26. The van der Waals surface area contributed by atoms with Crippen LogP contribution in [-0.2, 0) is 0 Å². The maximum Gasteiger partial charge on any atom is 0.0428 e. The van der Waals surface area contributed by atoms with Gasteiger partial charge in [0.25, 0.3) is 0 Å². The molecule has 106 valence electrons. The Kier molecular flexibility index (Phi) is 4.63. The molecule has 1 unspecified atom stereocenters. The lowest BCUT2D eigenvalue weighted by atomic mass is 9.78. The molecule has 0 amide bonds. The average Bonchev–Trinajstić information content (AvgIpc) is 2.37. The molecule has 1 atom stereocenters. The van der Waals surface area contributed by atoms with E-state index in [0.29, 0.717) is 5.41 Å². The molecular formula is C14H29N3S. The van der Waals surface area contributed by atoms with Gasteiger partial charge in [0.1, 0.15) is 0 Å². The Morgan fingerprint density at radius 3 is 2.28 bits per heavy atom. The van der Waals surface area contributed by atoms with Gasteiger partial charge in [-0.05, 0) is 24.1 Å². The van der Waals surface area contributed by atoms with Gasteiger partial charge in [-0.1, -0.05) is 20.8 Å². The molecule has 0 aliphatic carbocycles. The number of hydrogen-bond acceptors (Lipinski definition) is 4. The molecule has 2 saturated heterocycles. The monoisotopic (exact) mass is 271 g/mol. The van der Waals surface area contributed by atoms with E-state index in [-0.39, 0.29) is 5.54 Å². The largest absolute Gasteiger partial charge is 0.329 e. The van der Waals surface area contributed by atoms with Crippen LogP contribution >= 0.6 is 11.8 Å². The molecule has 18 heavy (non-hydrogen) atoms. The van der Waals surface area contributed by atoms with E-state index in [1.54, 1.807) is 0 Å². The van der Waals surface area contributed by atoms with Crippen molar-refractivity contribution in [1.82, 2.24) is 9.80 Å². The van der Waals surface area contributed by atoms with Gasteiger partial charge >= 0.3 is 0 Å². The molecule has 0 spiro atoms. The smallest absolute Gasteiger partial charge is 0.0428 e. The zero-order valence-corrected chi connectivity index (χ0v) is 13.1. The summed E-state index contributed by atoms with van der Waals surface area (Å²) < 4.78 is 0. The third kappa shape index (κ3) is 3.03. The van der Waals surface area contributed by atoms with Gasteiger partial charge in [-0.2, -0.15) is 11.8 Å². The second kappa shape index (κ2) is 5.70. The molecule has 2 aliphatic rings. The molecule has 2 aliphatic heterocycles. The van der Waals surface area contributed by atoms with Crippen molar-refractivity contribution >= 4 is 11.8 Å². The maximum atomic E-state index is 6.19. The lowest BCUT2D eigenvalue weighted by Gasteiger charge is -2.52.